The lowest BCUT2D eigenvalue weighted by Gasteiger charge is -2.32. The standard InChI is InChI=1S/C62H42N2/c1-41-14-13-17-48(38-41)64-60-25-12-8-21-54(60)55-39-45(30-37-61(55)64)44-28-33-47(34-29-44)63(46-31-26-43(27-32-46)42-15-3-2-4-16-42)49-35-36-53-52-20-7-11-24-58(52)62(59(53)40-49)56-22-9-5-18-50(56)51-19-6-10-23-57(51)62/h2-40H,1H3. The summed E-state index contributed by atoms with van der Waals surface area (Å²) in [6, 6.07) is 87.6. The van der Waals surface area contributed by atoms with E-state index >= 15 is 0 Å². The molecule has 0 unspecified atom stereocenters. The molecule has 1 aromatic heterocycles. The molecular weight excluding hydrogens is 773 g/mol. The van der Waals surface area contributed by atoms with E-state index in [1.807, 2.05) is 0 Å². The lowest BCUT2D eigenvalue weighted by Crippen LogP contribution is -2.26. The maximum Gasteiger partial charge on any atom is 0.0726 e. The first-order valence-corrected chi connectivity index (χ1v) is 22.3. The summed E-state index contributed by atoms with van der Waals surface area (Å²) in [6.07, 6.45) is 0. The fraction of sp³-hybridized carbons (Fsp3) is 0.0323. The van der Waals surface area contributed by atoms with Gasteiger partial charge in [-0.25, -0.2) is 0 Å². The van der Waals surface area contributed by atoms with E-state index in [1.54, 1.807) is 0 Å². The topological polar surface area (TPSA) is 8.17 Å². The summed E-state index contributed by atoms with van der Waals surface area (Å²) >= 11 is 0. The van der Waals surface area contributed by atoms with Gasteiger partial charge in [-0.15, -0.1) is 0 Å². The minimum Gasteiger partial charge on any atom is -0.310 e. The third-order valence-electron chi connectivity index (χ3n) is 13.9. The summed E-state index contributed by atoms with van der Waals surface area (Å²) in [4.78, 5) is 2.43. The monoisotopic (exact) mass is 814 g/mol. The summed E-state index contributed by atoms with van der Waals surface area (Å²) in [5.41, 5.74) is 23.1. The number of rotatable bonds is 6. The van der Waals surface area contributed by atoms with Crippen LogP contribution in [0.15, 0.2) is 237 Å². The zero-order valence-electron chi connectivity index (χ0n) is 35.4. The smallest absolute Gasteiger partial charge is 0.0726 e. The molecule has 2 nitrogen and oxygen atoms in total. The largest absolute Gasteiger partial charge is 0.310 e. The van der Waals surface area contributed by atoms with Crippen LogP contribution in [0.5, 0.6) is 0 Å². The van der Waals surface area contributed by atoms with Crippen LogP contribution < -0.4 is 4.90 Å². The molecular formula is C62H42N2. The summed E-state index contributed by atoms with van der Waals surface area (Å²) in [6.45, 7) is 2.16. The Morgan fingerprint density at radius 3 is 1.47 bits per heavy atom. The van der Waals surface area contributed by atoms with E-state index in [-0.39, 0.29) is 0 Å². The van der Waals surface area contributed by atoms with E-state index in [4.69, 9.17) is 0 Å². The highest BCUT2D eigenvalue weighted by Gasteiger charge is 2.51. The number of hydrogen-bond donors (Lipinski definition) is 0. The Labute approximate surface area is 373 Å². The van der Waals surface area contributed by atoms with Crippen molar-refractivity contribution >= 4 is 38.9 Å². The molecule has 0 fully saturated rings. The van der Waals surface area contributed by atoms with Crippen LogP contribution in [0.4, 0.5) is 17.1 Å². The van der Waals surface area contributed by atoms with Crippen LogP contribution in [0.3, 0.4) is 0 Å². The summed E-state index contributed by atoms with van der Waals surface area (Å²) in [7, 11) is 0. The van der Waals surface area contributed by atoms with Gasteiger partial charge >= 0.3 is 0 Å². The average Bonchev–Trinajstić information content (AvgIpc) is 3.96. The van der Waals surface area contributed by atoms with Gasteiger partial charge in [0.05, 0.1) is 16.4 Å². The Morgan fingerprint density at radius 2 is 0.828 bits per heavy atom. The van der Waals surface area contributed by atoms with Gasteiger partial charge in [-0.2, -0.15) is 0 Å². The maximum atomic E-state index is 2.48. The Balaban J connectivity index is 0.965. The third-order valence-corrected chi connectivity index (χ3v) is 13.9. The fourth-order valence-corrected chi connectivity index (χ4v) is 11.1. The second-order valence-corrected chi connectivity index (χ2v) is 17.3. The molecule has 2 heteroatoms. The molecule has 0 atom stereocenters. The number of hydrogen-bond acceptors (Lipinski definition) is 1. The Bertz CT molecular complexity index is 3550. The van der Waals surface area contributed by atoms with Crippen molar-refractivity contribution in [3.63, 3.8) is 0 Å². The lowest BCUT2D eigenvalue weighted by atomic mass is 9.70. The summed E-state index contributed by atoms with van der Waals surface area (Å²) < 4.78 is 2.40. The van der Waals surface area contributed by atoms with Crippen molar-refractivity contribution in [1.82, 2.24) is 4.57 Å². The minimum absolute atomic E-state index is 0.428. The molecule has 0 aliphatic heterocycles. The number of para-hydroxylation sites is 1. The molecule has 0 amide bonds. The molecule has 0 saturated carbocycles. The summed E-state index contributed by atoms with van der Waals surface area (Å²) in [5, 5.41) is 2.51. The second kappa shape index (κ2) is 14.2. The van der Waals surface area contributed by atoms with E-state index < -0.39 is 5.41 Å². The number of benzene rings is 10. The second-order valence-electron chi connectivity index (χ2n) is 17.3. The highest BCUT2D eigenvalue weighted by atomic mass is 15.1. The van der Waals surface area contributed by atoms with Gasteiger partial charge in [-0.1, -0.05) is 170 Å². The predicted molar refractivity (Wildman–Crippen MR) is 267 cm³/mol. The zero-order chi connectivity index (χ0) is 42.4. The first-order valence-electron chi connectivity index (χ1n) is 22.3. The van der Waals surface area contributed by atoms with E-state index in [9.17, 15) is 0 Å². The van der Waals surface area contributed by atoms with Gasteiger partial charge < -0.3 is 9.47 Å². The van der Waals surface area contributed by atoms with Gasteiger partial charge in [0, 0.05) is 33.5 Å². The molecule has 0 N–H and O–H groups in total. The number of aromatic nitrogens is 1. The molecule has 11 aromatic rings. The van der Waals surface area contributed by atoms with Crippen molar-refractivity contribution in [1.29, 1.82) is 0 Å². The highest BCUT2D eigenvalue weighted by molar-refractivity contribution is 6.10. The van der Waals surface area contributed by atoms with Crippen LogP contribution in [0.2, 0.25) is 0 Å². The average molecular weight is 815 g/mol. The van der Waals surface area contributed by atoms with Gasteiger partial charge in [-0.05, 0) is 146 Å². The van der Waals surface area contributed by atoms with E-state index in [0.717, 1.165) is 17.1 Å². The molecule has 300 valence electrons. The predicted octanol–water partition coefficient (Wildman–Crippen LogP) is 16.2. The van der Waals surface area contributed by atoms with Crippen LogP contribution in [0.1, 0.15) is 27.8 Å². The van der Waals surface area contributed by atoms with Crippen LogP contribution in [-0.2, 0) is 5.41 Å². The number of fused-ring (bicyclic) bond motifs is 13. The number of aryl methyl sites for hydroxylation is 1. The van der Waals surface area contributed by atoms with Gasteiger partial charge in [0.1, 0.15) is 0 Å². The van der Waals surface area contributed by atoms with Gasteiger partial charge in [0.25, 0.3) is 0 Å². The molecule has 0 radical (unpaired) electrons. The Morgan fingerprint density at radius 1 is 0.328 bits per heavy atom. The van der Waals surface area contributed by atoms with Crippen molar-refractivity contribution in [3.05, 3.63) is 264 Å². The van der Waals surface area contributed by atoms with Crippen molar-refractivity contribution in [2.45, 2.75) is 12.3 Å². The molecule has 1 heterocycles. The molecule has 2 aliphatic rings. The van der Waals surface area contributed by atoms with Gasteiger partial charge in [0.2, 0.25) is 0 Å². The quantitative estimate of drug-likeness (QED) is 0.162. The molecule has 0 saturated heterocycles. The van der Waals surface area contributed by atoms with Crippen molar-refractivity contribution in [3.8, 4) is 50.2 Å². The molecule has 13 rings (SSSR count). The minimum atomic E-state index is -0.428. The molecule has 0 bridgehead atoms. The molecule has 2 aliphatic carbocycles. The van der Waals surface area contributed by atoms with Gasteiger partial charge in [-0.3, -0.25) is 0 Å². The Kier molecular flexibility index (Phi) is 8.07. The lowest BCUT2D eigenvalue weighted by molar-refractivity contribution is 0.793. The first kappa shape index (κ1) is 36.5. The van der Waals surface area contributed by atoms with Crippen LogP contribution >= 0.6 is 0 Å². The summed E-state index contributed by atoms with van der Waals surface area (Å²) in [5.74, 6) is 0. The van der Waals surface area contributed by atoms with Crippen LogP contribution in [0.25, 0.3) is 72.0 Å². The van der Waals surface area contributed by atoms with Crippen LogP contribution in [0, 0.1) is 6.92 Å². The zero-order valence-corrected chi connectivity index (χ0v) is 35.4. The van der Waals surface area contributed by atoms with Crippen LogP contribution in [-0.4, -0.2) is 4.57 Å². The molecule has 10 aromatic carbocycles. The van der Waals surface area contributed by atoms with Gasteiger partial charge in [0.15, 0.2) is 0 Å². The van der Waals surface area contributed by atoms with E-state index in [0.29, 0.717) is 0 Å². The molecule has 64 heavy (non-hydrogen) atoms. The number of anilines is 3. The highest BCUT2D eigenvalue weighted by Crippen LogP contribution is 2.63. The number of nitrogens with zero attached hydrogens (tertiary/aromatic N) is 2. The first-order chi connectivity index (χ1) is 31.6. The third kappa shape index (κ3) is 5.33. The SMILES string of the molecule is Cc1cccc(-n2c3ccccc3c3cc(-c4ccc(N(c5ccc(-c6ccccc6)cc5)c5ccc6c(c5)C5(c7ccccc7-c7ccccc75)c5ccccc5-6)cc4)ccc32)c1. The van der Waals surface area contributed by atoms with E-state index in [2.05, 4.69) is 253 Å². The fourth-order valence-electron chi connectivity index (χ4n) is 11.1. The van der Waals surface area contributed by atoms with Crippen molar-refractivity contribution < 1.29 is 0 Å². The van der Waals surface area contributed by atoms with Crippen molar-refractivity contribution in [2.75, 3.05) is 4.90 Å². The van der Waals surface area contributed by atoms with Crippen molar-refractivity contribution in [2.24, 2.45) is 0 Å². The maximum absolute atomic E-state index is 2.48. The van der Waals surface area contributed by atoms with E-state index in [1.165, 1.54) is 99.8 Å². The Hall–Kier alpha value is -8.20. The molecule has 1 spiro atoms. The normalized spacial score (nSPS) is 12.9.